The lowest BCUT2D eigenvalue weighted by Crippen LogP contribution is -1.97. The standard InChI is InChI=1S/C8H10BrNO2.C7H8BrNO2.2C6H5BrClNO.4CH4/c1-3-12-8-7(11-2)4-6(9)5-10-8;1-10-6-3-5(8)4-9-7(6)11-2;2*1-10-5-2-4(7)3-9-6(5)8;;;;/h4-5H,3H2,1-2H3;3-4H,1-2H3;2*2-3H,1H3;4*1H4. The van der Waals surface area contributed by atoms with Crippen LogP contribution in [0, 0.1) is 0 Å². The molecule has 47 heavy (non-hydrogen) atoms. The van der Waals surface area contributed by atoms with Crippen molar-refractivity contribution in [1.29, 1.82) is 0 Å². The molecule has 0 fully saturated rings. The third-order valence-electron chi connectivity index (χ3n) is 4.47. The molecule has 0 aromatic carbocycles. The molecule has 4 rings (SSSR count). The Bertz CT molecular complexity index is 1380. The minimum atomic E-state index is 0. The largest absolute Gasteiger partial charge is 0.493 e. The SMILES string of the molecule is C.C.C.C.CCOc1ncc(Br)cc1OC.COc1cc(Br)cnc1Cl.COc1cc(Br)cnc1Cl.COc1cc(Br)cnc1OC. The average molecular weight is 959 g/mol. The molecule has 0 saturated heterocycles. The summed E-state index contributed by atoms with van der Waals surface area (Å²) >= 11 is 24.3. The van der Waals surface area contributed by atoms with Crippen LogP contribution in [0.25, 0.3) is 0 Å². The Morgan fingerprint density at radius 2 is 0.787 bits per heavy atom. The minimum absolute atomic E-state index is 0. The smallest absolute Gasteiger partial charge is 0.257 e. The lowest BCUT2D eigenvalue weighted by molar-refractivity contribution is 0.298. The van der Waals surface area contributed by atoms with Gasteiger partial charge in [-0.3, -0.25) is 0 Å². The van der Waals surface area contributed by atoms with Crippen LogP contribution in [0.5, 0.6) is 34.8 Å². The maximum Gasteiger partial charge on any atom is 0.257 e. The van der Waals surface area contributed by atoms with Crippen molar-refractivity contribution >= 4 is 86.9 Å². The summed E-state index contributed by atoms with van der Waals surface area (Å²) < 4.78 is 33.5. The van der Waals surface area contributed by atoms with Crippen molar-refractivity contribution in [1.82, 2.24) is 19.9 Å². The zero-order valence-corrected chi connectivity index (χ0v) is 31.7. The number of halogens is 6. The third-order valence-corrected chi connectivity index (χ3v) is 6.77. The van der Waals surface area contributed by atoms with E-state index in [1.165, 1.54) is 0 Å². The van der Waals surface area contributed by atoms with Crippen LogP contribution < -0.4 is 28.4 Å². The number of pyridine rings is 4. The number of methoxy groups -OCH3 is 5. The number of hydrogen-bond acceptors (Lipinski definition) is 10. The zero-order chi connectivity index (χ0) is 32.4. The van der Waals surface area contributed by atoms with Gasteiger partial charge in [-0.2, -0.15) is 0 Å². The summed E-state index contributed by atoms with van der Waals surface area (Å²) in [7, 11) is 7.82. The highest BCUT2D eigenvalue weighted by Crippen LogP contribution is 2.28. The Morgan fingerprint density at radius 1 is 0.489 bits per heavy atom. The van der Waals surface area contributed by atoms with Crippen LogP contribution in [0.1, 0.15) is 36.6 Å². The first kappa shape index (κ1) is 51.7. The van der Waals surface area contributed by atoms with Crippen LogP contribution in [0.3, 0.4) is 0 Å². The quantitative estimate of drug-likeness (QED) is 0.166. The van der Waals surface area contributed by atoms with Crippen LogP contribution in [0.4, 0.5) is 0 Å². The van der Waals surface area contributed by atoms with Crippen LogP contribution >= 0.6 is 86.9 Å². The van der Waals surface area contributed by atoms with Crippen LogP contribution in [0.2, 0.25) is 10.3 Å². The first-order valence-corrected chi connectivity index (χ1v) is 15.7. The summed E-state index contributed by atoms with van der Waals surface area (Å²) in [6, 6.07) is 7.13. The third kappa shape index (κ3) is 19.5. The van der Waals surface area contributed by atoms with Gasteiger partial charge in [-0.05, 0) is 82.8 Å². The Hall–Kier alpha value is -2.10. The predicted octanol–water partition coefficient (Wildman–Crippen LogP) is 11.7. The molecule has 0 aliphatic carbocycles. The minimum Gasteiger partial charge on any atom is -0.493 e. The van der Waals surface area contributed by atoms with E-state index in [1.54, 1.807) is 78.5 Å². The van der Waals surface area contributed by atoms with Gasteiger partial charge in [0.05, 0.1) is 42.2 Å². The molecule has 4 aromatic rings. The second kappa shape index (κ2) is 28.9. The van der Waals surface area contributed by atoms with E-state index >= 15 is 0 Å². The molecule has 0 aliphatic heterocycles. The van der Waals surface area contributed by atoms with Crippen molar-refractivity contribution in [2.24, 2.45) is 0 Å². The van der Waals surface area contributed by atoms with E-state index in [2.05, 4.69) is 83.7 Å². The molecule has 0 atom stereocenters. The van der Waals surface area contributed by atoms with Gasteiger partial charge in [-0.25, -0.2) is 19.9 Å². The Morgan fingerprint density at radius 3 is 1.09 bits per heavy atom. The van der Waals surface area contributed by atoms with Gasteiger partial charge in [0.15, 0.2) is 33.3 Å². The van der Waals surface area contributed by atoms with Crippen LogP contribution in [0.15, 0.2) is 66.9 Å². The van der Waals surface area contributed by atoms with Gasteiger partial charge in [0.2, 0.25) is 0 Å². The topological polar surface area (TPSA) is 107 Å². The average Bonchev–Trinajstić information content (AvgIpc) is 3.01. The monoisotopic (exact) mass is 954 g/mol. The van der Waals surface area contributed by atoms with Crippen molar-refractivity contribution in [3.8, 4) is 34.8 Å². The molecule has 0 bridgehead atoms. The fourth-order valence-electron chi connectivity index (χ4n) is 2.60. The highest BCUT2D eigenvalue weighted by molar-refractivity contribution is 9.11. The van der Waals surface area contributed by atoms with Crippen molar-refractivity contribution in [2.75, 3.05) is 42.2 Å². The summed E-state index contributed by atoms with van der Waals surface area (Å²) in [4.78, 5) is 15.7. The Labute approximate surface area is 323 Å². The second-order valence-corrected chi connectivity index (χ2v) is 11.6. The van der Waals surface area contributed by atoms with E-state index in [1.807, 2.05) is 13.0 Å². The number of nitrogens with zero attached hydrogens (tertiary/aromatic N) is 4. The van der Waals surface area contributed by atoms with E-state index < -0.39 is 0 Å². The molecule has 16 heteroatoms. The molecule has 0 aliphatic rings. The van der Waals surface area contributed by atoms with Crippen molar-refractivity contribution in [2.45, 2.75) is 36.6 Å². The fraction of sp³-hybridized carbons (Fsp3) is 0.355. The summed E-state index contributed by atoms with van der Waals surface area (Å²) in [5.41, 5.74) is 0. The molecule has 4 aromatic heterocycles. The molecule has 0 radical (unpaired) electrons. The van der Waals surface area contributed by atoms with Crippen molar-refractivity contribution in [3.63, 3.8) is 0 Å². The molecule has 4 heterocycles. The van der Waals surface area contributed by atoms with E-state index in [0.717, 1.165) is 17.9 Å². The summed E-state index contributed by atoms with van der Waals surface area (Å²) in [5.74, 6) is 3.46. The van der Waals surface area contributed by atoms with Gasteiger partial charge in [0.25, 0.3) is 11.8 Å². The fourth-order valence-corrected chi connectivity index (χ4v) is 4.20. The summed E-state index contributed by atoms with van der Waals surface area (Å²) in [6.45, 7) is 2.49. The molecule has 266 valence electrons. The molecule has 0 N–H and O–H groups in total. The second-order valence-electron chi connectivity index (χ2n) is 7.25. The van der Waals surface area contributed by atoms with E-state index in [-0.39, 0.29) is 29.7 Å². The maximum absolute atomic E-state index is 5.64. The van der Waals surface area contributed by atoms with E-state index in [9.17, 15) is 0 Å². The van der Waals surface area contributed by atoms with E-state index in [0.29, 0.717) is 51.7 Å². The van der Waals surface area contributed by atoms with E-state index in [4.69, 9.17) is 51.6 Å². The van der Waals surface area contributed by atoms with Crippen LogP contribution in [-0.4, -0.2) is 62.1 Å². The Balaban J connectivity index is -0.000000256. The molecular formula is C31H44Br4Cl2N4O6. The molecule has 0 saturated carbocycles. The first-order valence-electron chi connectivity index (χ1n) is 11.8. The molecule has 10 nitrogen and oxygen atoms in total. The summed E-state index contributed by atoms with van der Waals surface area (Å²) in [5, 5.41) is 0.761. The van der Waals surface area contributed by atoms with Crippen molar-refractivity contribution in [3.05, 3.63) is 77.2 Å². The number of ether oxygens (including phenoxy) is 6. The number of rotatable bonds is 7. The molecule has 0 unspecified atom stereocenters. The van der Waals surface area contributed by atoms with Gasteiger partial charge in [0.1, 0.15) is 0 Å². The highest BCUT2D eigenvalue weighted by atomic mass is 79.9. The Kier molecular flexibility index (Phi) is 31.8. The molecular weight excluding hydrogens is 915 g/mol. The molecule has 0 spiro atoms. The first-order chi connectivity index (χ1) is 20.5. The highest BCUT2D eigenvalue weighted by Gasteiger charge is 2.05. The van der Waals surface area contributed by atoms with Crippen molar-refractivity contribution < 1.29 is 28.4 Å². The lowest BCUT2D eigenvalue weighted by Gasteiger charge is -2.06. The number of aromatic nitrogens is 4. The summed E-state index contributed by atoms with van der Waals surface area (Å²) in [6.07, 6.45) is 6.56. The zero-order valence-electron chi connectivity index (χ0n) is 23.8. The van der Waals surface area contributed by atoms with Gasteiger partial charge in [0, 0.05) is 54.8 Å². The van der Waals surface area contributed by atoms with Gasteiger partial charge < -0.3 is 28.4 Å². The van der Waals surface area contributed by atoms with Gasteiger partial charge in [-0.15, -0.1) is 0 Å². The number of hydrogen-bond donors (Lipinski definition) is 0. The maximum atomic E-state index is 5.64. The molecule has 0 amide bonds. The normalized spacial score (nSPS) is 8.68. The van der Waals surface area contributed by atoms with Crippen LogP contribution in [-0.2, 0) is 0 Å². The van der Waals surface area contributed by atoms with Gasteiger partial charge in [-0.1, -0.05) is 52.9 Å². The predicted molar refractivity (Wildman–Crippen MR) is 209 cm³/mol. The van der Waals surface area contributed by atoms with Gasteiger partial charge >= 0.3 is 0 Å². The lowest BCUT2D eigenvalue weighted by atomic mass is 10.4.